The van der Waals surface area contributed by atoms with Crippen molar-refractivity contribution < 1.29 is 23.9 Å². The predicted molar refractivity (Wildman–Crippen MR) is 162 cm³/mol. The molecule has 3 amide bonds. The lowest BCUT2D eigenvalue weighted by Crippen LogP contribution is -2.59. The molecule has 5 aliphatic rings. The van der Waals surface area contributed by atoms with Gasteiger partial charge in [0.25, 0.3) is 5.91 Å². The fraction of sp³-hybridized carbons (Fsp3) is 0.471. The van der Waals surface area contributed by atoms with E-state index in [1.165, 1.54) is 5.56 Å². The number of hydrogen-bond acceptors (Lipinski definition) is 8. The van der Waals surface area contributed by atoms with Crippen molar-refractivity contribution in [3.05, 3.63) is 70.9 Å². The smallest absolute Gasteiger partial charge is 0.255 e. The van der Waals surface area contributed by atoms with Gasteiger partial charge in [0.1, 0.15) is 17.9 Å². The van der Waals surface area contributed by atoms with Crippen LogP contribution in [0.3, 0.4) is 0 Å². The van der Waals surface area contributed by atoms with Crippen LogP contribution < -0.4 is 10.1 Å². The summed E-state index contributed by atoms with van der Waals surface area (Å²) >= 11 is 0. The highest BCUT2D eigenvalue weighted by Crippen LogP contribution is 2.41. The van der Waals surface area contributed by atoms with E-state index in [2.05, 4.69) is 52.5 Å². The van der Waals surface area contributed by atoms with E-state index in [1.807, 2.05) is 12.1 Å². The Morgan fingerprint density at radius 2 is 1.95 bits per heavy atom. The van der Waals surface area contributed by atoms with Gasteiger partial charge in [-0.25, -0.2) is 0 Å². The van der Waals surface area contributed by atoms with Crippen LogP contribution in [0, 0.1) is 0 Å². The molecule has 3 atom stereocenters. The van der Waals surface area contributed by atoms with Crippen molar-refractivity contribution in [1.29, 1.82) is 0 Å². The third kappa shape index (κ3) is 5.04. The maximum absolute atomic E-state index is 13.0. The SMILES string of the molecule is CN1CC2(C[C@H](c3ccc4cc(CN5CC[C@H](Oc6ccc7c(c6)CN([C@H]6CCC(=O)NC6=O)C7=O)C5)ccc4n3)CO2)C1. The molecule has 3 aromatic rings. The molecule has 10 heteroatoms. The first-order valence-electron chi connectivity index (χ1n) is 15.7. The van der Waals surface area contributed by atoms with Gasteiger partial charge in [0.15, 0.2) is 0 Å². The lowest BCUT2D eigenvalue weighted by molar-refractivity contribution is -0.136. The summed E-state index contributed by atoms with van der Waals surface area (Å²) in [5, 5.41) is 3.51. The van der Waals surface area contributed by atoms with E-state index < -0.39 is 11.9 Å². The number of carbonyl (C=O) groups is 3. The zero-order valence-electron chi connectivity index (χ0n) is 25.0. The Kier molecular flexibility index (Phi) is 6.69. The second-order valence-electron chi connectivity index (χ2n) is 13.3. The second kappa shape index (κ2) is 10.6. The van der Waals surface area contributed by atoms with Gasteiger partial charge in [0, 0.05) is 68.3 Å². The lowest BCUT2D eigenvalue weighted by Gasteiger charge is -2.45. The Labute approximate surface area is 256 Å². The Morgan fingerprint density at radius 1 is 1.07 bits per heavy atom. The molecule has 0 saturated carbocycles. The van der Waals surface area contributed by atoms with Crippen molar-refractivity contribution in [2.24, 2.45) is 0 Å². The summed E-state index contributed by atoms with van der Waals surface area (Å²) in [5.74, 6) is 0.256. The van der Waals surface area contributed by atoms with Crippen molar-refractivity contribution in [2.75, 3.05) is 39.8 Å². The molecule has 1 spiro atoms. The minimum atomic E-state index is -0.614. The van der Waals surface area contributed by atoms with Crippen molar-refractivity contribution in [3.8, 4) is 5.75 Å². The number of pyridine rings is 1. The van der Waals surface area contributed by atoms with E-state index in [9.17, 15) is 14.4 Å². The molecule has 0 aliphatic carbocycles. The lowest BCUT2D eigenvalue weighted by atomic mass is 9.86. The summed E-state index contributed by atoms with van der Waals surface area (Å²) in [7, 11) is 2.14. The number of imide groups is 1. The largest absolute Gasteiger partial charge is 0.489 e. The first-order valence-corrected chi connectivity index (χ1v) is 15.7. The van der Waals surface area contributed by atoms with Gasteiger partial charge in [-0.2, -0.15) is 0 Å². The van der Waals surface area contributed by atoms with Crippen LogP contribution in [0.2, 0.25) is 0 Å². The summed E-state index contributed by atoms with van der Waals surface area (Å²) in [5.41, 5.74) is 4.92. The molecule has 2 aromatic carbocycles. The molecule has 8 rings (SSSR count). The van der Waals surface area contributed by atoms with E-state index in [1.54, 1.807) is 11.0 Å². The number of ether oxygens (including phenoxy) is 2. The maximum Gasteiger partial charge on any atom is 0.255 e. The Morgan fingerprint density at radius 3 is 2.80 bits per heavy atom. The Balaban J connectivity index is 0.871. The van der Waals surface area contributed by atoms with Crippen LogP contribution in [0.25, 0.3) is 10.9 Å². The number of benzene rings is 2. The zero-order chi connectivity index (χ0) is 30.0. The van der Waals surface area contributed by atoms with Gasteiger partial charge in [-0.15, -0.1) is 0 Å². The fourth-order valence-corrected chi connectivity index (χ4v) is 7.82. The molecule has 1 aromatic heterocycles. The van der Waals surface area contributed by atoms with Gasteiger partial charge in [0.05, 0.1) is 17.7 Å². The van der Waals surface area contributed by atoms with Gasteiger partial charge in [-0.1, -0.05) is 12.1 Å². The average molecular weight is 596 g/mol. The summed E-state index contributed by atoms with van der Waals surface area (Å²) in [6.45, 7) is 5.76. The molecule has 1 N–H and O–H groups in total. The average Bonchev–Trinajstić information content (AvgIpc) is 3.71. The van der Waals surface area contributed by atoms with Gasteiger partial charge < -0.3 is 19.3 Å². The van der Waals surface area contributed by atoms with Crippen molar-refractivity contribution >= 4 is 28.6 Å². The number of likely N-dealkylation sites (N-methyl/N-ethyl adjacent to an activating group) is 1. The second-order valence-corrected chi connectivity index (χ2v) is 13.3. The number of aromatic nitrogens is 1. The maximum atomic E-state index is 13.0. The van der Waals surface area contributed by atoms with E-state index in [4.69, 9.17) is 14.5 Å². The monoisotopic (exact) mass is 595 g/mol. The Hall–Kier alpha value is -3.86. The predicted octanol–water partition coefficient (Wildman–Crippen LogP) is 2.84. The van der Waals surface area contributed by atoms with Crippen LogP contribution in [0.4, 0.5) is 0 Å². The molecule has 4 saturated heterocycles. The molecule has 10 nitrogen and oxygen atoms in total. The van der Waals surface area contributed by atoms with Crippen LogP contribution in [-0.4, -0.2) is 95.0 Å². The minimum absolute atomic E-state index is 0.0374. The number of amides is 3. The molecule has 6 heterocycles. The molecule has 5 aliphatic heterocycles. The minimum Gasteiger partial charge on any atom is -0.489 e. The van der Waals surface area contributed by atoms with Crippen LogP contribution in [0.5, 0.6) is 5.75 Å². The quantitative estimate of drug-likeness (QED) is 0.434. The van der Waals surface area contributed by atoms with Crippen LogP contribution >= 0.6 is 0 Å². The molecule has 44 heavy (non-hydrogen) atoms. The highest BCUT2D eigenvalue weighted by Gasteiger charge is 2.48. The summed E-state index contributed by atoms with van der Waals surface area (Å²) < 4.78 is 12.6. The van der Waals surface area contributed by atoms with Crippen molar-refractivity contribution in [1.82, 2.24) is 25.0 Å². The molecule has 0 bridgehead atoms. The first-order chi connectivity index (χ1) is 21.3. The number of nitrogens with zero attached hydrogens (tertiary/aromatic N) is 4. The summed E-state index contributed by atoms with van der Waals surface area (Å²) in [4.78, 5) is 48.2. The Bertz CT molecular complexity index is 1670. The number of piperidine rings is 1. The van der Waals surface area contributed by atoms with E-state index in [0.29, 0.717) is 24.4 Å². The fourth-order valence-electron chi connectivity index (χ4n) is 7.82. The molecule has 0 unspecified atom stereocenters. The summed E-state index contributed by atoms with van der Waals surface area (Å²) in [6, 6.07) is 15.9. The van der Waals surface area contributed by atoms with Gasteiger partial charge in [-0.05, 0) is 73.8 Å². The number of fused-ring (bicyclic) bond motifs is 2. The number of likely N-dealkylation sites (tertiary alicyclic amines) is 2. The number of rotatable bonds is 6. The number of carbonyl (C=O) groups excluding carboxylic acids is 3. The molecular formula is C34H37N5O5. The topological polar surface area (TPSA) is 104 Å². The normalized spacial score (nSPS) is 26.8. The highest BCUT2D eigenvalue weighted by molar-refractivity contribution is 6.05. The standard InChI is InChI=1S/C34H37N5O5/c1-37-19-34(20-37)14-24(18-43-34)29-7-3-22-12-21(2-6-28(22)35-29)15-38-11-10-26(17-38)44-25-4-5-27-23(13-25)16-39(33(27)42)30-8-9-31(40)36-32(30)41/h2-7,12-13,24,26,30H,8-11,14-20H2,1H3,(H,36,40,41)/t24-,26-,30-/m0/s1. The highest BCUT2D eigenvalue weighted by atomic mass is 16.5. The third-order valence-corrected chi connectivity index (χ3v) is 9.95. The molecule has 0 radical (unpaired) electrons. The summed E-state index contributed by atoms with van der Waals surface area (Å²) in [6.07, 6.45) is 2.65. The number of hydrogen-bond donors (Lipinski definition) is 1. The van der Waals surface area contributed by atoms with Gasteiger partial charge in [-0.3, -0.25) is 29.6 Å². The van der Waals surface area contributed by atoms with Gasteiger partial charge in [0.2, 0.25) is 11.8 Å². The molecule has 4 fully saturated rings. The van der Waals surface area contributed by atoms with E-state index in [-0.39, 0.29) is 29.9 Å². The molecule has 228 valence electrons. The van der Waals surface area contributed by atoms with Crippen LogP contribution in [-0.2, 0) is 27.4 Å². The molecular weight excluding hydrogens is 558 g/mol. The van der Waals surface area contributed by atoms with E-state index >= 15 is 0 Å². The number of nitrogens with one attached hydrogen (secondary N) is 1. The van der Waals surface area contributed by atoms with E-state index in [0.717, 1.165) is 80.1 Å². The van der Waals surface area contributed by atoms with Crippen molar-refractivity contribution in [2.45, 2.75) is 62.4 Å². The third-order valence-electron chi connectivity index (χ3n) is 9.95. The van der Waals surface area contributed by atoms with Crippen LogP contribution in [0.1, 0.15) is 58.8 Å². The first kappa shape index (κ1) is 27.7. The van der Waals surface area contributed by atoms with Crippen LogP contribution in [0.15, 0.2) is 48.5 Å². The zero-order valence-corrected chi connectivity index (χ0v) is 25.0. The van der Waals surface area contributed by atoms with Gasteiger partial charge >= 0.3 is 0 Å². The van der Waals surface area contributed by atoms with Crippen molar-refractivity contribution in [3.63, 3.8) is 0 Å².